The molecule has 3 aliphatic heterocycles. The van der Waals surface area contributed by atoms with Crippen molar-refractivity contribution in [3.05, 3.63) is 59.2 Å². The van der Waals surface area contributed by atoms with Gasteiger partial charge in [0.1, 0.15) is 30.2 Å². The van der Waals surface area contributed by atoms with Gasteiger partial charge in [0.15, 0.2) is 12.4 Å². The van der Waals surface area contributed by atoms with Crippen molar-refractivity contribution in [1.82, 2.24) is 4.90 Å². The molecule has 2 amide bonds. The highest BCUT2D eigenvalue weighted by molar-refractivity contribution is 6.72. The number of nitrogens with zero attached hydrogens (tertiary/aromatic N) is 1. The van der Waals surface area contributed by atoms with Gasteiger partial charge in [-0.05, 0) is 48.8 Å². The van der Waals surface area contributed by atoms with E-state index in [1.807, 2.05) is 31.2 Å². The van der Waals surface area contributed by atoms with Gasteiger partial charge in [-0.1, -0.05) is 31.2 Å². The summed E-state index contributed by atoms with van der Waals surface area (Å²) in [6.45, 7) is 5.10. The zero-order chi connectivity index (χ0) is 33.5. The van der Waals surface area contributed by atoms with E-state index in [1.165, 1.54) is 13.2 Å². The smallest absolute Gasteiger partial charge is 0.256 e. The van der Waals surface area contributed by atoms with Crippen molar-refractivity contribution in [1.29, 1.82) is 0 Å². The molecular formula is C32H43FN2O10Si. The van der Waals surface area contributed by atoms with E-state index in [-0.39, 0.29) is 24.6 Å². The van der Waals surface area contributed by atoms with E-state index in [4.69, 9.17) is 14.2 Å². The molecule has 252 valence electrons. The summed E-state index contributed by atoms with van der Waals surface area (Å²) in [5.74, 6) is -1.12. The van der Waals surface area contributed by atoms with Gasteiger partial charge in [-0.25, -0.2) is 0 Å². The van der Waals surface area contributed by atoms with Gasteiger partial charge < -0.3 is 54.1 Å². The Balaban J connectivity index is 1.35. The molecule has 1 unspecified atom stereocenters. The lowest BCUT2D eigenvalue weighted by Gasteiger charge is -2.44. The molecular weight excluding hydrogens is 619 g/mol. The average Bonchev–Trinajstić information content (AvgIpc) is 3.02. The Labute approximate surface area is 267 Å². The number of carbonyl (C=O) groups is 2. The van der Waals surface area contributed by atoms with Crippen molar-refractivity contribution in [2.75, 3.05) is 19.0 Å². The number of rotatable bonds is 8. The Kier molecular flexibility index (Phi) is 10.2. The molecule has 5 rings (SSSR count). The summed E-state index contributed by atoms with van der Waals surface area (Å²) in [6, 6.07) is 12.1. The van der Waals surface area contributed by atoms with Crippen LogP contribution in [0.1, 0.15) is 36.1 Å². The number of methoxy groups -OCH3 is 1. The van der Waals surface area contributed by atoms with Gasteiger partial charge in [0.2, 0.25) is 14.3 Å². The molecule has 2 aromatic rings. The molecule has 14 heteroatoms. The molecule has 0 bridgehead atoms. The van der Waals surface area contributed by atoms with Crippen molar-refractivity contribution in [2.45, 2.75) is 93.9 Å². The Morgan fingerprint density at radius 1 is 1.09 bits per heavy atom. The van der Waals surface area contributed by atoms with Gasteiger partial charge in [-0.15, -0.1) is 0 Å². The monoisotopic (exact) mass is 662 g/mol. The number of hydrogen-bond acceptors (Lipinski definition) is 10. The van der Waals surface area contributed by atoms with Crippen molar-refractivity contribution < 1.29 is 53.4 Å². The van der Waals surface area contributed by atoms with E-state index in [0.29, 0.717) is 24.3 Å². The van der Waals surface area contributed by atoms with E-state index in [0.717, 1.165) is 11.1 Å². The van der Waals surface area contributed by atoms with Crippen molar-refractivity contribution in [3.63, 3.8) is 0 Å². The van der Waals surface area contributed by atoms with Crippen molar-refractivity contribution in [3.8, 4) is 5.75 Å². The first-order chi connectivity index (χ1) is 21.7. The lowest BCUT2D eigenvalue weighted by Crippen LogP contribution is -2.60. The Bertz CT molecular complexity index is 1430. The second kappa shape index (κ2) is 13.6. The van der Waals surface area contributed by atoms with Gasteiger partial charge in [0.05, 0.1) is 18.8 Å². The highest BCUT2D eigenvalue weighted by atomic mass is 28.4. The summed E-state index contributed by atoms with van der Waals surface area (Å²) >= 11 is 0. The van der Waals surface area contributed by atoms with Crippen molar-refractivity contribution >= 4 is 25.9 Å². The maximum absolute atomic E-state index is 16.1. The molecule has 10 atom stereocenters. The van der Waals surface area contributed by atoms with Crippen LogP contribution in [0.5, 0.6) is 5.75 Å². The van der Waals surface area contributed by atoms with Gasteiger partial charge in [0.25, 0.3) is 5.91 Å². The maximum Gasteiger partial charge on any atom is 0.256 e. The molecule has 12 nitrogen and oxygen atoms in total. The summed E-state index contributed by atoms with van der Waals surface area (Å²) in [7, 11) is -2.02. The molecule has 6 N–H and O–H groups in total. The minimum Gasteiger partial charge on any atom is -0.490 e. The fraction of sp³-hybridized carbons (Fsp3) is 0.562. The molecule has 0 radical (unpaired) electrons. The number of amides is 2. The van der Waals surface area contributed by atoms with Crippen LogP contribution in [0.2, 0.25) is 18.6 Å². The molecule has 1 fully saturated rings. The first-order valence-electron chi connectivity index (χ1n) is 15.4. The number of benzene rings is 2. The van der Waals surface area contributed by atoms with E-state index >= 15 is 4.11 Å². The number of aliphatic hydroxyl groups excluding tert-OH is 5. The van der Waals surface area contributed by atoms with Crippen LogP contribution in [0.15, 0.2) is 42.5 Å². The molecule has 0 aliphatic carbocycles. The molecule has 3 heterocycles. The molecule has 46 heavy (non-hydrogen) atoms. The zero-order valence-corrected chi connectivity index (χ0v) is 27.2. The topological polar surface area (TPSA) is 178 Å². The molecule has 2 aromatic carbocycles. The summed E-state index contributed by atoms with van der Waals surface area (Å²) in [6.07, 6.45) is -9.77. The van der Waals surface area contributed by atoms with Crippen LogP contribution in [0.4, 0.5) is 9.80 Å². The summed E-state index contributed by atoms with van der Waals surface area (Å²) in [5.41, 5.74) is 2.19. The van der Waals surface area contributed by atoms with Gasteiger partial charge >= 0.3 is 0 Å². The Hall–Kier alpha value is -2.95. The summed E-state index contributed by atoms with van der Waals surface area (Å²) in [4.78, 5) is 28.4. The SMILES string of the molecule is CO[C@H]1c2cc(NC(=O)[C@H]3O[C@@H](O)[C@H](O)[C@@H](O)[C@@H]3O)ccc2O[C@@H](C(CC(=O)N2Cc3ccccc3C[C@H]2CO)[Si](C)(C)F)[C@@H]1C. The van der Waals surface area contributed by atoms with Crippen LogP contribution in [0.25, 0.3) is 0 Å². The largest absolute Gasteiger partial charge is 0.490 e. The summed E-state index contributed by atoms with van der Waals surface area (Å²) < 4.78 is 33.4. The minimum atomic E-state index is -3.53. The first kappa shape index (κ1) is 34.4. The van der Waals surface area contributed by atoms with E-state index < -0.39 is 74.7 Å². The van der Waals surface area contributed by atoms with Crippen LogP contribution in [-0.4, -0.2) is 107 Å². The van der Waals surface area contributed by atoms with Crippen LogP contribution < -0.4 is 10.1 Å². The molecule has 0 saturated carbocycles. The fourth-order valence-corrected chi connectivity index (χ4v) is 8.66. The minimum absolute atomic E-state index is 0.0978. The first-order valence-corrected chi connectivity index (χ1v) is 18.4. The zero-order valence-electron chi connectivity index (χ0n) is 26.2. The van der Waals surface area contributed by atoms with Gasteiger partial charge in [-0.2, -0.15) is 0 Å². The van der Waals surface area contributed by atoms with Crippen LogP contribution in [-0.2, 0) is 32.0 Å². The Morgan fingerprint density at radius 3 is 2.43 bits per heavy atom. The number of fused-ring (bicyclic) bond motifs is 2. The van der Waals surface area contributed by atoms with Gasteiger partial charge in [-0.3, -0.25) is 9.59 Å². The van der Waals surface area contributed by atoms with Crippen LogP contribution in [0.3, 0.4) is 0 Å². The predicted octanol–water partition coefficient (Wildman–Crippen LogP) is 1.39. The standard InChI is InChI=1S/C32H43FN2O10Si/c1-16-28(43-2)21-12-19(34-31(41)30-26(39)25(38)27(40)32(42)45-30)9-10-22(21)44-29(16)23(46(3,4)33)13-24(37)35-14-18-8-6-5-7-17(18)11-20(35)15-36/h5-10,12,16,20,23,25-30,32,36,38-40,42H,11,13-15H2,1-4H3,(H,34,41)/t16-,20+,23?,25+,26+,27-,28-,29-,30+,32-/m1/s1. The lowest BCUT2D eigenvalue weighted by atomic mass is 9.86. The normalized spacial score (nSPS) is 31.7. The number of halogens is 1. The number of anilines is 1. The van der Waals surface area contributed by atoms with E-state index in [2.05, 4.69) is 5.32 Å². The highest BCUT2D eigenvalue weighted by Crippen LogP contribution is 2.48. The highest BCUT2D eigenvalue weighted by Gasteiger charge is 2.50. The summed E-state index contributed by atoms with van der Waals surface area (Å²) in [5, 5.41) is 52.4. The molecule has 0 aromatic heterocycles. The number of hydrogen-bond donors (Lipinski definition) is 6. The third-order valence-electron chi connectivity index (χ3n) is 9.50. The van der Waals surface area contributed by atoms with Crippen LogP contribution in [0, 0.1) is 5.92 Å². The molecule has 0 spiro atoms. The third kappa shape index (κ3) is 6.71. The van der Waals surface area contributed by atoms with E-state index in [9.17, 15) is 35.1 Å². The lowest BCUT2D eigenvalue weighted by molar-refractivity contribution is -0.274. The number of nitrogens with one attached hydrogen (secondary N) is 1. The number of carbonyl (C=O) groups excluding carboxylic acids is 2. The van der Waals surface area contributed by atoms with Gasteiger partial charge in [0, 0.05) is 42.8 Å². The quantitative estimate of drug-likeness (QED) is 0.179. The Morgan fingerprint density at radius 2 is 1.78 bits per heavy atom. The third-order valence-corrected chi connectivity index (χ3v) is 11.8. The van der Waals surface area contributed by atoms with Crippen molar-refractivity contribution in [2.24, 2.45) is 5.92 Å². The average molecular weight is 663 g/mol. The second-order valence-corrected chi connectivity index (χ2v) is 16.8. The van der Waals surface area contributed by atoms with E-state index in [1.54, 1.807) is 30.1 Å². The molecule has 3 aliphatic rings. The number of ether oxygens (including phenoxy) is 3. The number of aliphatic hydroxyl groups is 5. The molecule has 1 saturated heterocycles. The fourth-order valence-electron chi connectivity index (χ4n) is 6.84. The van der Waals surface area contributed by atoms with Crippen LogP contribution >= 0.6 is 0 Å². The maximum atomic E-state index is 16.1. The predicted molar refractivity (Wildman–Crippen MR) is 166 cm³/mol. The second-order valence-electron chi connectivity index (χ2n) is 13.0.